The van der Waals surface area contributed by atoms with Gasteiger partial charge in [0.15, 0.2) is 0 Å². The number of fused-ring (bicyclic) bond motifs is 1. The number of hydrogen-bond acceptors (Lipinski definition) is 4. The van der Waals surface area contributed by atoms with E-state index in [2.05, 4.69) is 21.8 Å². The summed E-state index contributed by atoms with van der Waals surface area (Å²) in [6, 6.07) is 6.95. The van der Waals surface area contributed by atoms with Crippen LogP contribution in [0.1, 0.15) is 56.3 Å². The largest absolute Gasteiger partial charge is 0.349 e. The van der Waals surface area contributed by atoms with Gasteiger partial charge in [-0.3, -0.25) is 14.3 Å². The van der Waals surface area contributed by atoms with E-state index in [1.165, 1.54) is 0 Å². The van der Waals surface area contributed by atoms with Gasteiger partial charge in [0.25, 0.3) is 5.91 Å². The van der Waals surface area contributed by atoms with E-state index >= 15 is 0 Å². The van der Waals surface area contributed by atoms with E-state index in [-0.39, 0.29) is 23.8 Å². The molecular formula is C22H29N5O2. The fourth-order valence-electron chi connectivity index (χ4n) is 4.07. The normalized spacial score (nSPS) is 20.2. The third kappa shape index (κ3) is 4.94. The highest BCUT2D eigenvalue weighted by Gasteiger charge is 2.33. The summed E-state index contributed by atoms with van der Waals surface area (Å²) in [6.07, 6.45) is 5.77. The molecule has 0 bridgehead atoms. The molecule has 2 amide bonds. The number of rotatable bonds is 6. The highest BCUT2D eigenvalue weighted by atomic mass is 16.2. The molecule has 0 aliphatic heterocycles. The number of aromatic nitrogens is 2. The van der Waals surface area contributed by atoms with Crippen LogP contribution in [0.4, 0.5) is 0 Å². The van der Waals surface area contributed by atoms with Gasteiger partial charge in [-0.2, -0.15) is 10.4 Å². The van der Waals surface area contributed by atoms with Crippen LogP contribution in [-0.4, -0.2) is 33.7 Å². The SMILES string of the molecule is CC(C)C[C@@H](C#N)NC(=O)[C@@H]1CCCC[C@@H]1NC(=O)c1ccc2c(cnn2C)c1. The number of carbonyl (C=O) groups is 2. The van der Waals surface area contributed by atoms with Crippen molar-refractivity contribution in [1.82, 2.24) is 20.4 Å². The number of amides is 2. The molecule has 1 aromatic heterocycles. The van der Waals surface area contributed by atoms with Crippen molar-refractivity contribution >= 4 is 22.7 Å². The summed E-state index contributed by atoms with van der Waals surface area (Å²) in [5.74, 6) is -0.300. The fourth-order valence-corrected chi connectivity index (χ4v) is 4.07. The summed E-state index contributed by atoms with van der Waals surface area (Å²) in [5.41, 5.74) is 1.52. The first-order valence-electron chi connectivity index (χ1n) is 10.3. The molecule has 7 heteroatoms. The Hall–Kier alpha value is -2.88. The molecular weight excluding hydrogens is 366 g/mol. The quantitative estimate of drug-likeness (QED) is 0.785. The minimum absolute atomic E-state index is 0.134. The van der Waals surface area contributed by atoms with Crippen LogP contribution in [0.25, 0.3) is 10.9 Å². The Morgan fingerprint density at radius 1 is 1.31 bits per heavy atom. The first kappa shape index (κ1) is 20.8. The van der Waals surface area contributed by atoms with Crippen molar-refractivity contribution in [3.63, 3.8) is 0 Å². The highest BCUT2D eigenvalue weighted by molar-refractivity contribution is 5.98. The van der Waals surface area contributed by atoms with Gasteiger partial charge in [0.2, 0.25) is 5.91 Å². The standard InChI is InChI=1S/C22H29N5O2/c1-14(2)10-17(12-23)25-22(29)18-6-4-5-7-19(18)26-21(28)15-8-9-20-16(11-15)13-24-27(20)3/h8-9,11,13-14,17-19H,4-7,10H2,1-3H3,(H,25,29)(H,26,28)/t17-,18+,19-/m0/s1. The third-order valence-corrected chi connectivity index (χ3v) is 5.61. The Labute approximate surface area is 171 Å². The molecule has 1 aliphatic rings. The summed E-state index contributed by atoms with van der Waals surface area (Å²) in [4.78, 5) is 25.7. The lowest BCUT2D eigenvalue weighted by Crippen LogP contribution is -2.50. The highest BCUT2D eigenvalue weighted by Crippen LogP contribution is 2.26. The molecule has 1 aromatic carbocycles. The predicted octanol–water partition coefficient (Wildman–Crippen LogP) is 2.92. The summed E-state index contributed by atoms with van der Waals surface area (Å²) >= 11 is 0. The summed E-state index contributed by atoms with van der Waals surface area (Å²) in [6.45, 7) is 4.05. The van der Waals surface area contributed by atoms with Crippen molar-refractivity contribution in [2.75, 3.05) is 0 Å². The average Bonchev–Trinajstić information content (AvgIpc) is 3.07. The van der Waals surface area contributed by atoms with E-state index in [1.807, 2.05) is 33.0 Å². The first-order valence-corrected chi connectivity index (χ1v) is 10.3. The Morgan fingerprint density at radius 3 is 2.79 bits per heavy atom. The molecule has 0 radical (unpaired) electrons. The van der Waals surface area contributed by atoms with E-state index in [1.54, 1.807) is 16.9 Å². The van der Waals surface area contributed by atoms with Crippen molar-refractivity contribution in [1.29, 1.82) is 5.26 Å². The Morgan fingerprint density at radius 2 is 2.07 bits per heavy atom. The van der Waals surface area contributed by atoms with Crippen LogP contribution in [0.3, 0.4) is 0 Å². The lowest BCUT2D eigenvalue weighted by Gasteiger charge is -2.32. The van der Waals surface area contributed by atoms with E-state index in [9.17, 15) is 14.9 Å². The summed E-state index contributed by atoms with van der Waals surface area (Å²) < 4.78 is 1.77. The molecule has 1 aliphatic carbocycles. The number of nitrogens with zero attached hydrogens (tertiary/aromatic N) is 3. The Balaban J connectivity index is 1.69. The molecule has 1 saturated carbocycles. The minimum atomic E-state index is -0.492. The van der Waals surface area contributed by atoms with Gasteiger partial charge >= 0.3 is 0 Å². The maximum absolute atomic E-state index is 12.8. The molecule has 3 atom stereocenters. The number of benzene rings is 1. The summed E-state index contributed by atoms with van der Waals surface area (Å²) in [7, 11) is 1.86. The molecule has 29 heavy (non-hydrogen) atoms. The second kappa shape index (κ2) is 9.08. The number of nitrogens with one attached hydrogen (secondary N) is 2. The molecule has 1 heterocycles. The zero-order valence-corrected chi connectivity index (χ0v) is 17.3. The van der Waals surface area contributed by atoms with E-state index in [4.69, 9.17) is 0 Å². The van der Waals surface area contributed by atoms with Crippen molar-refractivity contribution in [3.8, 4) is 6.07 Å². The lowest BCUT2D eigenvalue weighted by atomic mass is 9.83. The Bertz CT molecular complexity index is 927. The van der Waals surface area contributed by atoms with E-state index in [0.29, 0.717) is 17.9 Å². The molecule has 0 saturated heterocycles. The second-order valence-electron chi connectivity index (χ2n) is 8.33. The van der Waals surface area contributed by atoms with Gasteiger partial charge in [-0.05, 0) is 43.4 Å². The van der Waals surface area contributed by atoms with Crippen LogP contribution in [0.15, 0.2) is 24.4 Å². The molecule has 3 rings (SSSR count). The zero-order chi connectivity index (χ0) is 21.0. The van der Waals surface area contributed by atoms with Crippen molar-refractivity contribution in [2.24, 2.45) is 18.9 Å². The van der Waals surface area contributed by atoms with Crippen molar-refractivity contribution in [3.05, 3.63) is 30.0 Å². The fraction of sp³-hybridized carbons (Fsp3) is 0.545. The van der Waals surface area contributed by atoms with Crippen LogP contribution in [0.2, 0.25) is 0 Å². The zero-order valence-electron chi connectivity index (χ0n) is 17.3. The van der Waals surface area contributed by atoms with Crippen LogP contribution < -0.4 is 10.6 Å². The molecule has 2 N–H and O–H groups in total. The molecule has 0 spiro atoms. The van der Waals surface area contributed by atoms with Gasteiger partial charge < -0.3 is 10.6 Å². The molecule has 154 valence electrons. The van der Waals surface area contributed by atoms with Crippen LogP contribution >= 0.6 is 0 Å². The lowest BCUT2D eigenvalue weighted by molar-refractivity contribution is -0.127. The molecule has 0 unspecified atom stereocenters. The van der Waals surface area contributed by atoms with Gasteiger partial charge in [0.1, 0.15) is 6.04 Å². The Kier molecular flexibility index (Phi) is 6.53. The number of hydrogen-bond donors (Lipinski definition) is 2. The topological polar surface area (TPSA) is 99.8 Å². The van der Waals surface area contributed by atoms with Crippen LogP contribution in [0.5, 0.6) is 0 Å². The number of nitriles is 1. The van der Waals surface area contributed by atoms with Crippen LogP contribution in [0, 0.1) is 23.2 Å². The van der Waals surface area contributed by atoms with Gasteiger partial charge in [-0.25, -0.2) is 0 Å². The maximum atomic E-state index is 12.8. The van der Waals surface area contributed by atoms with Gasteiger partial charge in [-0.15, -0.1) is 0 Å². The van der Waals surface area contributed by atoms with Crippen molar-refractivity contribution < 1.29 is 9.59 Å². The third-order valence-electron chi connectivity index (χ3n) is 5.61. The van der Waals surface area contributed by atoms with E-state index in [0.717, 1.165) is 36.6 Å². The summed E-state index contributed by atoms with van der Waals surface area (Å²) in [5, 5.41) is 20.4. The number of carbonyl (C=O) groups excluding carboxylic acids is 2. The van der Waals surface area contributed by atoms with Gasteiger partial charge in [-0.1, -0.05) is 26.7 Å². The van der Waals surface area contributed by atoms with Crippen molar-refractivity contribution in [2.45, 2.75) is 58.0 Å². The smallest absolute Gasteiger partial charge is 0.251 e. The predicted molar refractivity (Wildman–Crippen MR) is 111 cm³/mol. The molecule has 1 fully saturated rings. The maximum Gasteiger partial charge on any atom is 0.251 e. The first-order chi connectivity index (χ1) is 13.9. The molecule has 7 nitrogen and oxygen atoms in total. The number of aryl methyl sites for hydroxylation is 1. The van der Waals surface area contributed by atoms with Gasteiger partial charge in [0.05, 0.1) is 23.7 Å². The van der Waals surface area contributed by atoms with Crippen LogP contribution in [-0.2, 0) is 11.8 Å². The average molecular weight is 396 g/mol. The molecule has 2 aromatic rings. The van der Waals surface area contributed by atoms with Gasteiger partial charge in [0, 0.05) is 24.0 Å². The second-order valence-corrected chi connectivity index (χ2v) is 8.33. The minimum Gasteiger partial charge on any atom is -0.349 e. The van der Waals surface area contributed by atoms with E-state index < -0.39 is 6.04 Å². The monoisotopic (exact) mass is 395 g/mol.